The van der Waals surface area contributed by atoms with Gasteiger partial charge in [-0.1, -0.05) is 0 Å². The van der Waals surface area contributed by atoms with Crippen LogP contribution >= 0.6 is 15.9 Å². The van der Waals surface area contributed by atoms with E-state index in [0.717, 1.165) is 18.9 Å². The molecule has 1 heterocycles. The van der Waals surface area contributed by atoms with Crippen molar-refractivity contribution in [2.45, 2.75) is 19.0 Å². The Morgan fingerprint density at radius 1 is 1.44 bits per heavy atom. The van der Waals surface area contributed by atoms with Crippen LogP contribution in [-0.2, 0) is 6.18 Å². The number of aromatic nitrogens is 1. The molecular formula is C10H10BrF3N2. The molecule has 1 aliphatic carbocycles. The minimum atomic E-state index is -4.37. The first-order valence-corrected chi connectivity index (χ1v) is 5.73. The van der Waals surface area contributed by atoms with E-state index in [0.29, 0.717) is 16.9 Å². The number of nitrogens with zero attached hydrogens (tertiary/aromatic N) is 1. The molecular weight excluding hydrogens is 285 g/mol. The fourth-order valence-electron chi connectivity index (χ4n) is 1.36. The third kappa shape index (κ3) is 2.87. The topological polar surface area (TPSA) is 24.9 Å². The lowest BCUT2D eigenvalue weighted by Gasteiger charge is -2.13. The summed E-state index contributed by atoms with van der Waals surface area (Å²) >= 11 is 2.99. The second-order valence-electron chi connectivity index (χ2n) is 3.87. The zero-order valence-corrected chi connectivity index (χ0v) is 9.90. The summed E-state index contributed by atoms with van der Waals surface area (Å²) in [6, 6.07) is 1.04. The molecule has 88 valence electrons. The minimum Gasteiger partial charge on any atom is -0.369 e. The number of pyridine rings is 1. The van der Waals surface area contributed by atoms with Gasteiger partial charge in [0.1, 0.15) is 5.82 Å². The molecule has 0 saturated heterocycles. The van der Waals surface area contributed by atoms with Crippen LogP contribution in [0.3, 0.4) is 0 Å². The third-order valence-corrected chi connectivity index (χ3v) is 2.85. The molecule has 0 atom stereocenters. The van der Waals surface area contributed by atoms with Crippen molar-refractivity contribution in [3.8, 4) is 0 Å². The van der Waals surface area contributed by atoms with Crippen molar-refractivity contribution in [1.29, 1.82) is 0 Å². The number of nitrogens with one attached hydrogen (secondary N) is 1. The predicted octanol–water partition coefficient (Wildman–Crippen LogP) is 3.68. The van der Waals surface area contributed by atoms with Crippen LogP contribution in [0.15, 0.2) is 16.7 Å². The molecule has 1 aromatic heterocycles. The summed E-state index contributed by atoms with van der Waals surface area (Å²) in [5.41, 5.74) is -0.720. The van der Waals surface area contributed by atoms with Gasteiger partial charge in [-0.25, -0.2) is 4.98 Å². The summed E-state index contributed by atoms with van der Waals surface area (Å²) < 4.78 is 38.3. The molecule has 1 fully saturated rings. The molecule has 1 aliphatic rings. The largest absolute Gasteiger partial charge is 0.419 e. The Kier molecular flexibility index (Phi) is 3.10. The van der Waals surface area contributed by atoms with Gasteiger partial charge in [0.2, 0.25) is 0 Å². The monoisotopic (exact) mass is 294 g/mol. The third-order valence-electron chi connectivity index (χ3n) is 2.41. The molecule has 1 N–H and O–H groups in total. The van der Waals surface area contributed by atoms with Crippen LogP contribution in [0.5, 0.6) is 0 Å². The number of alkyl halides is 3. The van der Waals surface area contributed by atoms with E-state index >= 15 is 0 Å². The summed E-state index contributed by atoms with van der Waals surface area (Å²) in [5.74, 6) is 0.425. The van der Waals surface area contributed by atoms with Gasteiger partial charge in [-0.15, -0.1) is 0 Å². The second kappa shape index (κ2) is 4.24. The van der Waals surface area contributed by atoms with Crippen LogP contribution in [-0.4, -0.2) is 11.5 Å². The Morgan fingerprint density at radius 2 is 2.12 bits per heavy atom. The average Bonchev–Trinajstić information content (AvgIpc) is 2.98. The van der Waals surface area contributed by atoms with Gasteiger partial charge in [-0.3, -0.25) is 0 Å². The van der Waals surface area contributed by atoms with Gasteiger partial charge in [0.25, 0.3) is 0 Å². The molecule has 0 aromatic carbocycles. The fourth-order valence-corrected chi connectivity index (χ4v) is 1.69. The van der Waals surface area contributed by atoms with Crippen molar-refractivity contribution in [1.82, 2.24) is 4.98 Å². The smallest absolute Gasteiger partial charge is 0.369 e. The first-order chi connectivity index (χ1) is 7.47. The van der Waals surface area contributed by atoms with Crippen molar-refractivity contribution < 1.29 is 13.2 Å². The Morgan fingerprint density at radius 3 is 2.69 bits per heavy atom. The van der Waals surface area contributed by atoms with Gasteiger partial charge < -0.3 is 5.32 Å². The van der Waals surface area contributed by atoms with E-state index in [1.165, 1.54) is 6.20 Å². The molecule has 6 heteroatoms. The summed E-state index contributed by atoms with van der Waals surface area (Å²) in [4.78, 5) is 3.77. The molecule has 1 saturated carbocycles. The maximum absolute atomic E-state index is 12.7. The molecule has 0 spiro atoms. The van der Waals surface area contributed by atoms with Gasteiger partial charge in [0.15, 0.2) is 0 Å². The predicted molar refractivity (Wildman–Crippen MR) is 58.2 cm³/mol. The molecule has 0 aliphatic heterocycles. The molecule has 0 bridgehead atoms. The molecule has 16 heavy (non-hydrogen) atoms. The Bertz CT molecular complexity index is 388. The van der Waals surface area contributed by atoms with Gasteiger partial charge in [0.05, 0.1) is 5.56 Å². The van der Waals surface area contributed by atoms with Gasteiger partial charge in [0, 0.05) is 17.2 Å². The van der Waals surface area contributed by atoms with Crippen LogP contribution in [0.2, 0.25) is 0 Å². The zero-order chi connectivity index (χ0) is 11.8. The second-order valence-corrected chi connectivity index (χ2v) is 4.79. The Hall–Kier alpha value is -0.780. The van der Waals surface area contributed by atoms with E-state index in [2.05, 4.69) is 26.2 Å². The van der Waals surface area contributed by atoms with Crippen LogP contribution in [0.25, 0.3) is 0 Å². The van der Waals surface area contributed by atoms with Crippen molar-refractivity contribution in [2.24, 2.45) is 5.92 Å². The van der Waals surface area contributed by atoms with Gasteiger partial charge >= 0.3 is 6.18 Å². The number of rotatable bonds is 3. The van der Waals surface area contributed by atoms with Gasteiger partial charge in [-0.2, -0.15) is 13.2 Å². The Labute approximate surface area is 99.4 Å². The standard InChI is InChI=1S/C10H10BrF3N2/c11-7-3-8(10(12,13)14)9(16-5-7)15-4-6-1-2-6/h3,5-6H,1-2,4H2,(H,15,16). The van der Waals surface area contributed by atoms with E-state index in [-0.39, 0.29) is 5.82 Å². The highest BCUT2D eigenvalue weighted by atomic mass is 79.9. The van der Waals surface area contributed by atoms with E-state index in [1.807, 2.05) is 0 Å². The number of halogens is 4. The first kappa shape index (κ1) is 11.7. The normalized spacial score (nSPS) is 16.2. The Balaban J connectivity index is 2.20. The highest BCUT2D eigenvalue weighted by Gasteiger charge is 2.35. The summed E-state index contributed by atoms with van der Waals surface area (Å²) in [6.45, 7) is 0.567. The maximum atomic E-state index is 12.7. The van der Waals surface area contributed by atoms with Crippen LogP contribution in [0, 0.1) is 5.92 Å². The molecule has 1 aromatic rings. The van der Waals surface area contributed by atoms with E-state index < -0.39 is 11.7 Å². The van der Waals surface area contributed by atoms with Crippen LogP contribution in [0.4, 0.5) is 19.0 Å². The van der Waals surface area contributed by atoms with Gasteiger partial charge in [-0.05, 0) is 40.8 Å². The SMILES string of the molecule is FC(F)(F)c1cc(Br)cnc1NCC1CC1. The van der Waals surface area contributed by atoms with E-state index in [4.69, 9.17) is 0 Å². The van der Waals surface area contributed by atoms with Crippen molar-refractivity contribution in [2.75, 3.05) is 11.9 Å². The van der Waals surface area contributed by atoms with Crippen molar-refractivity contribution >= 4 is 21.7 Å². The molecule has 2 rings (SSSR count). The van der Waals surface area contributed by atoms with Crippen LogP contribution < -0.4 is 5.32 Å². The van der Waals surface area contributed by atoms with E-state index in [1.54, 1.807) is 0 Å². The van der Waals surface area contributed by atoms with Crippen LogP contribution in [0.1, 0.15) is 18.4 Å². The zero-order valence-electron chi connectivity index (χ0n) is 8.31. The molecule has 0 amide bonds. The lowest BCUT2D eigenvalue weighted by molar-refractivity contribution is -0.137. The molecule has 0 unspecified atom stereocenters. The van der Waals surface area contributed by atoms with Crippen molar-refractivity contribution in [3.63, 3.8) is 0 Å². The maximum Gasteiger partial charge on any atom is 0.419 e. The number of hydrogen-bond donors (Lipinski definition) is 1. The average molecular weight is 295 g/mol. The fraction of sp³-hybridized carbons (Fsp3) is 0.500. The molecule has 2 nitrogen and oxygen atoms in total. The first-order valence-electron chi connectivity index (χ1n) is 4.93. The minimum absolute atomic E-state index is 0.0809. The number of anilines is 1. The molecule has 0 radical (unpaired) electrons. The summed E-state index contributed by atoms with van der Waals surface area (Å²) in [7, 11) is 0. The quantitative estimate of drug-likeness (QED) is 0.920. The highest BCUT2D eigenvalue weighted by Crippen LogP contribution is 2.36. The highest BCUT2D eigenvalue weighted by molar-refractivity contribution is 9.10. The lowest BCUT2D eigenvalue weighted by atomic mass is 10.2. The summed E-state index contributed by atoms with van der Waals surface area (Å²) in [5, 5.41) is 2.76. The van der Waals surface area contributed by atoms with Crippen molar-refractivity contribution in [3.05, 3.63) is 22.3 Å². The number of hydrogen-bond acceptors (Lipinski definition) is 2. The lowest BCUT2D eigenvalue weighted by Crippen LogP contribution is -2.13. The van der Waals surface area contributed by atoms with E-state index in [9.17, 15) is 13.2 Å². The summed E-state index contributed by atoms with van der Waals surface area (Å²) in [6.07, 6.45) is -0.830.